The number of benzene rings is 17. The summed E-state index contributed by atoms with van der Waals surface area (Å²) in [5.41, 5.74) is 49.0. The van der Waals surface area contributed by atoms with Gasteiger partial charge in [-0.1, -0.05) is 367 Å². The Labute approximate surface area is 784 Å². The summed E-state index contributed by atoms with van der Waals surface area (Å²) in [5, 5.41) is 4.95. The van der Waals surface area contributed by atoms with Crippen molar-refractivity contribution in [2.45, 2.75) is 168 Å². The molecule has 0 bridgehead atoms. The van der Waals surface area contributed by atoms with Crippen LogP contribution in [0.5, 0.6) is 0 Å². The van der Waals surface area contributed by atoms with E-state index >= 15 is 0 Å². The van der Waals surface area contributed by atoms with Crippen LogP contribution < -0.4 is 26.2 Å². The predicted molar refractivity (Wildman–Crippen MR) is 565 cm³/mol. The van der Waals surface area contributed by atoms with Gasteiger partial charge in [0.1, 0.15) is 0 Å². The molecule has 2 aromatic heterocycles. The van der Waals surface area contributed by atoms with Crippen LogP contribution in [0.15, 0.2) is 346 Å². The fraction of sp³-hybridized carbons (Fsp3) is 0.203. The van der Waals surface area contributed by atoms with E-state index in [1.807, 2.05) is 0 Å². The lowest BCUT2D eigenvalue weighted by Gasteiger charge is -2.46. The molecule has 0 saturated heterocycles. The Kier molecular flexibility index (Phi) is 16.9. The van der Waals surface area contributed by atoms with E-state index in [1.165, 1.54) is 216 Å². The highest BCUT2D eigenvalue weighted by atomic mass is 15.2. The first-order valence-electron chi connectivity index (χ1n) is 48.1. The third kappa shape index (κ3) is 11.5. The monoisotopic (exact) mass is 1710 g/mol. The topological polar surface area (TPSA) is 16.3 Å². The van der Waals surface area contributed by atoms with Crippen molar-refractivity contribution in [3.63, 3.8) is 0 Å². The van der Waals surface area contributed by atoms with Crippen LogP contribution in [-0.4, -0.2) is 15.8 Å². The maximum atomic E-state index is 2.75. The van der Waals surface area contributed by atoms with E-state index in [4.69, 9.17) is 0 Å². The molecule has 0 radical (unpaired) electrons. The molecule has 133 heavy (non-hydrogen) atoms. The van der Waals surface area contributed by atoms with Crippen molar-refractivity contribution in [2.75, 3.05) is 9.80 Å². The van der Waals surface area contributed by atoms with E-state index in [9.17, 15) is 0 Å². The van der Waals surface area contributed by atoms with Crippen molar-refractivity contribution < 1.29 is 0 Å². The zero-order valence-electron chi connectivity index (χ0n) is 79.8. The maximum absolute atomic E-state index is 2.75. The van der Waals surface area contributed by atoms with E-state index in [0.717, 1.165) is 34.1 Å². The molecule has 0 amide bonds. The van der Waals surface area contributed by atoms with Gasteiger partial charge in [-0.05, 0) is 286 Å². The largest absolute Gasteiger partial charge is 0.311 e. The Hall–Kier alpha value is -14.0. The van der Waals surface area contributed by atoms with E-state index in [-0.39, 0.29) is 39.2 Å². The van der Waals surface area contributed by atoms with Gasteiger partial charge in [0, 0.05) is 66.8 Å². The van der Waals surface area contributed by atoms with Crippen molar-refractivity contribution in [1.82, 2.24) is 9.13 Å². The molecule has 25 rings (SSSR count). The summed E-state index contributed by atoms with van der Waals surface area (Å²) >= 11 is 0. The van der Waals surface area contributed by atoms with Crippen LogP contribution >= 0.6 is 0 Å². The highest BCUT2D eigenvalue weighted by Gasteiger charge is 2.55. The van der Waals surface area contributed by atoms with Gasteiger partial charge in [0.05, 0.1) is 44.3 Å². The average molecular weight is 1720 g/mol. The third-order valence-corrected chi connectivity index (χ3v) is 31.3. The number of hydrogen-bond donors (Lipinski definition) is 0. The summed E-state index contributed by atoms with van der Waals surface area (Å²) in [6.07, 6.45) is 0. The first kappa shape index (κ1) is 81.0. The molecule has 17 aromatic carbocycles. The lowest BCUT2D eigenvalue weighted by Crippen LogP contribution is -2.61. The number of anilines is 6. The number of rotatable bonds is 6. The van der Waals surface area contributed by atoms with Crippen molar-refractivity contribution in [3.8, 4) is 78.1 Å². The van der Waals surface area contributed by atoms with Crippen LogP contribution in [0.2, 0.25) is 0 Å². The lowest BCUT2D eigenvalue weighted by molar-refractivity contribution is 0.589. The summed E-state index contributed by atoms with van der Waals surface area (Å²) in [6, 6.07) is 137. The van der Waals surface area contributed by atoms with Gasteiger partial charge < -0.3 is 18.9 Å². The van der Waals surface area contributed by atoms with Crippen LogP contribution in [0.3, 0.4) is 0 Å². The van der Waals surface area contributed by atoms with Gasteiger partial charge in [0.15, 0.2) is 0 Å². The average Bonchev–Trinajstić information content (AvgIpc) is 1.52. The molecule has 4 heterocycles. The molecule has 2 spiro atoms. The number of nitrogens with zero attached hydrogens (tertiary/aromatic N) is 4. The Balaban J connectivity index is 0.802. The second kappa shape index (κ2) is 27.8. The van der Waals surface area contributed by atoms with Crippen molar-refractivity contribution >= 4 is 101 Å². The van der Waals surface area contributed by atoms with Crippen LogP contribution in [-0.2, 0) is 43.3 Å². The lowest BCUT2D eigenvalue weighted by atomic mass is 9.33. The molecule has 6 aliphatic rings. The second-order valence-corrected chi connectivity index (χ2v) is 45.2. The van der Waals surface area contributed by atoms with Gasteiger partial charge in [-0.3, -0.25) is 0 Å². The minimum atomic E-state index is -0.564. The molecule has 5 heteroatoms. The Morgan fingerprint density at radius 2 is 0.504 bits per heavy atom. The third-order valence-electron chi connectivity index (χ3n) is 31.3. The molecule has 0 saturated carbocycles. The summed E-state index contributed by atoms with van der Waals surface area (Å²) in [7, 11) is 0. The fourth-order valence-electron chi connectivity index (χ4n) is 24.5. The van der Waals surface area contributed by atoms with Gasteiger partial charge in [-0.2, -0.15) is 0 Å². The number of hydrogen-bond acceptors (Lipinski definition) is 2. The molecule has 0 atom stereocenters. The molecule has 4 aliphatic carbocycles. The van der Waals surface area contributed by atoms with Gasteiger partial charge in [-0.25, -0.2) is 0 Å². The van der Waals surface area contributed by atoms with Gasteiger partial charge in [0.25, 0.3) is 6.71 Å². The van der Waals surface area contributed by atoms with E-state index in [1.54, 1.807) is 0 Å². The highest BCUT2D eigenvalue weighted by molar-refractivity contribution is 7.00. The minimum Gasteiger partial charge on any atom is -0.311 e. The first-order valence-corrected chi connectivity index (χ1v) is 48.1. The van der Waals surface area contributed by atoms with Crippen molar-refractivity contribution in [1.29, 1.82) is 0 Å². The molecular formula is C128H111BN4. The van der Waals surface area contributed by atoms with Crippen LogP contribution in [0.4, 0.5) is 34.1 Å². The number of para-hydroxylation sites is 1. The van der Waals surface area contributed by atoms with Crippen molar-refractivity contribution in [3.05, 3.63) is 424 Å². The van der Waals surface area contributed by atoms with E-state index in [2.05, 4.69) is 489 Å². The molecule has 646 valence electrons. The van der Waals surface area contributed by atoms with E-state index < -0.39 is 10.8 Å². The molecule has 0 unspecified atom stereocenters. The van der Waals surface area contributed by atoms with E-state index in [0.29, 0.717) is 0 Å². The summed E-state index contributed by atoms with van der Waals surface area (Å²) in [5.74, 6) is 0. The molecular weight excluding hydrogens is 1600 g/mol. The van der Waals surface area contributed by atoms with Crippen LogP contribution in [0, 0.1) is 0 Å². The summed E-state index contributed by atoms with van der Waals surface area (Å²) < 4.78 is 5.29. The Bertz CT molecular complexity index is 8160. The molecule has 0 N–H and O–H groups in total. The van der Waals surface area contributed by atoms with Crippen molar-refractivity contribution in [2.24, 2.45) is 0 Å². The first-order chi connectivity index (χ1) is 63.8. The summed E-state index contributed by atoms with van der Waals surface area (Å²) in [6.45, 7) is 42.3. The minimum absolute atomic E-state index is 0.0556. The van der Waals surface area contributed by atoms with Gasteiger partial charge >= 0.3 is 0 Å². The molecule has 2 aliphatic heterocycles. The number of aromatic nitrogens is 2. The zero-order valence-corrected chi connectivity index (χ0v) is 79.8. The maximum Gasteiger partial charge on any atom is 0.252 e. The van der Waals surface area contributed by atoms with Crippen LogP contribution in [0.1, 0.15) is 203 Å². The quantitative estimate of drug-likeness (QED) is 0.154. The Morgan fingerprint density at radius 1 is 0.195 bits per heavy atom. The second-order valence-electron chi connectivity index (χ2n) is 45.2. The molecule has 4 nitrogen and oxygen atoms in total. The normalized spacial score (nSPS) is 14.6. The smallest absolute Gasteiger partial charge is 0.252 e. The van der Waals surface area contributed by atoms with Gasteiger partial charge in [0.2, 0.25) is 0 Å². The Morgan fingerprint density at radius 3 is 0.880 bits per heavy atom. The predicted octanol–water partition coefficient (Wildman–Crippen LogP) is 31.8. The highest BCUT2D eigenvalue weighted by Crippen LogP contribution is 2.67. The standard InChI is InChI=1S/C128H111BN4/c1-121(2,3)78-51-47-76(48-52-78)93-65-80(123(7,8)9)55-62-111(93)132-116-70-84(130-110-46-32-25-39-92(110)98-72-95-90-37-23-30-44-104(90)127(106(95)74-114(98)130)100-40-26-19-33-86(100)87-34-20-27-41-101(87)127)58-60-108(116)129-109-61-59-85(71-117(109)133(119-69-83(126(16,17)18)68-118(132)120(119)129)112-63-56-81(124(10,11)12)66-94(112)77-49-53-79(54-50-77)122(4,5)6)131-113-64-57-82(125(13,14)15)67-97(113)99-73-96-91-38-24-31-45-105(91)128(107(96)75-115(99)131)102-42-28-21-35-88(102)89-36-22-29-43-103(89)128/h19-75H,1-18H3. The molecule has 0 fully saturated rings. The summed E-state index contributed by atoms with van der Waals surface area (Å²) in [4.78, 5) is 5.49. The number of fused-ring (bicyclic) bond motifs is 30. The SMILES string of the molecule is CC(C)(C)c1ccc(-c2cc(C(C)(C)C)ccc2N2c3cc(-n4c5ccccc5c5cc6c(cc54)C4(c5ccccc5-c5ccccc54)c4ccccc4-6)ccc3B3c4ccc(-n5c6ccc(C(C)(C)C)cc6c6cc7c(cc65)C5(c6ccccc6-c6ccccc65)c5ccccc5-7)cc4N(c4ccc(C(C)(C)C)cc4-c4ccc(C(C)(C)C)cc4)c4cc(C(C)(C)C)cc2c43)cc1. The van der Waals surface area contributed by atoms with Crippen LogP contribution in [0.25, 0.3) is 122 Å². The fourth-order valence-corrected chi connectivity index (χ4v) is 24.5. The van der Waals surface area contributed by atoms with Gasteiger partial charge in [-0.15, -0.1) is 0 Å². The zero-order chi connectivity index (χ0) is 91.2. The molecule has 19 aromatic rings.